The van der Waals surface area contributed by atoms with Crippen molar-refractivity contribution in [2.75, 3.05) is 6.61 Å². The van der Waals surface area contributed by atoms with Gasteiger partial charge in [0.05, 0.1) is 0 Å². The molecule has 0 heterocycles. The van der Waals surface area contributed by atoms with Crippen molar-refractivity contribution in [2.45, 2.75) is 51.9 Å². The smallest absolute Gasteiger partial charge is 0.305 e. The zero-order chi connectivity index (χ0) is 17.6. The number of hydrogen-bond acceptors (Lipinski definition) is 2. The lowest BCUT2D eigenvalue weighted by Gasteiger charge is -2.14. The fourth-order valence-electron chi connectivity index (χ4n) is 3.69. The highest BCUT2D eigenvalue weighted by Gasteiger charge is 2.28. The molecule has 2 aromatic rings. The van der Waals surface area contributed by atoms with Crippen LogP contribution >= 0.6 is 0 Å². The molecule has 0 amide bonds. The molecular weight excluding hydrogens is 308 g/mol. The molecule has 1 aliphatic carbocycles. The van der Waals surface area contributed by atoms with Crippen molar-refractivity contribution in [3.8, 4) is 11.1 Å². The van der Waals surface area contributed by atoms with Crippen LogP contribution < -0.4 is 0 Å². The van der Waals surface area contributed by atoms with E-state index < -0.39 is 0 Å². The van der Waals surface area contributed by atoms with Gasteiger partial charge in [0.15, 0.2) is 0 Å². The Morgan fingerprint density at radius 1 is 0.920 bits per heavy atom. The van der Waals surface area contributed by atoms with E-state index in [-0.39, 0.29) is 11.9 Å². The van der Waals surface area contributed by atoms with Crippen LogP contribution in [0.25, 0.3) is 11.1 Å². The lowest BCUT2D eigenvalue weighted by Crippen LogP contribution is -2.12. The first-order valence-electron chi connectivity index (χ1n) is 9.50. The van der Waals surface area contributed by atoms with Crippen molar-refractivity contribution < 1.29 is 9.53 Å². The lowest BCUT2D eigenvalue weighted by atomic mass is 9.98. The second-order valence-corrected chi connectivity index (χ2v) is 7.40. The van der Waals surface area contributed by atoms with E-state index in [0.29, 0.717) is 13.0 Å². The molecule has 2 nitrogen and oxygen atoms in total. The van der Waals surface area contributed by atoms with Crippen molar-refractivity contribution in [3.63, 3.8) is 0 Å². The third kappa shape index (κ3) is 4.31. The van der Waals surface area contributed by atoms with Gasteiger partial charge < -0.3 is 4.74 Å². The summed E-state index contributed by atoms with van der Waals surface area (Å²) in [5, 5.41) is 0. The summed E-state index contributed by atoms with van der Waals surface area (Å²) in [6.45, 7) is 4.93. The molecule has 1 aliphatic rings. The van der Waals surface area contributed by atoms with Crippen LogP contribution in [0.2, 0.25) is 0 Å². The lowest BCUT2D eigenvalue weighted by molar-refractivity contribution is -0.144. The molecule has 0 saturated heterocycles. The predicted molar refractivity (Wildman–Crippen MR) is 103 cm³/mol. The molecule has 0 fully saturated rings. The van der Waals surface area contributed by atoms with Gasteiger partial charge in [-0.05, 0) is 34.6 Å². The summed E-state index contributed by atoms with van der Waals surface area (Å²) in [6, 6.07) is 16.9. The summed E-state index contributed by atoms with van der Waals surface area (Å²) in [6.07, 6.45) is 5.03. The van der Waals surface area contributed by atoms with Crippen LogP contribution in [-0.4, -0.2) is 12.6 Å². The Morgan fingerprint density at radius 2 is 1.52 bits per heavy atom. The minimum absolute atomic E-state index is 0.0635. The number of benzene rings is 2. The number of hydrogen-bond donors (Lipinski definition) is 0. The van der Waals surface area contributed by atoms with Gasteiger partial charge in [-0.25, -0.2) is 0 Å². The molecule has 0 aromatic heterocycles. The Bertz CT molecular complexity index is 672. The monoisotopic (exact) mass is 336 g/mol. The molecule has 132 valence electrons. The number of esters is 1. The maximum atomic E-state index is 12.1. The highest BCUT2D eigenvalue weighted by Crippen LogP contribution is 2.44. The van der Waals surface area contributed by atoms with E-state index in [1.165, 1.54) is 35.1 Å². The van der Waals surface area contributed by atoms with E-state index in [2.05, 4.69) is 62.4 Å². The van der Waals surface area contributed by atoms with Crippen molar-refractivity contribution in [1.29, 1.82) is 0 Å². The number of rotatable bonds is 8. The van der Waals surface area contributed by atoms with Gasteiger partial charge in [-0.2, -0.15) is 0 Å². The second-order valence-electron chi connectivity index (χ2n) is 7.40. The highest BCUT2D eigenvalue weighted by molar-refractivity contribution is 5.79. The fraction of sp³-hybridized carbons (Fsp3) is 0.435. The Morgan fingerprint density at radius 3 is 2.12 bits per heavy atom. The largest absolute Gasteiger partial charge is 0.465 e. The Balaban J connectivity index is 1.54. The minimum atomic E-state index is -0.0635. The molecule has 0 unspecified atom stereocenters. The molecule has 25 heavy (non-hydrogen) atoms. The fourth-order valence-corrected chi connectivity index (χ4v) is 3.69. The topological polar surface area (TPSA) is 26.3 Å². The standard InChI is InChI=1S/C23H28O2/c1-17(2)10-4-3-5-15-23(24)25-16-22-20-13-8-6-11-18(20)19-12-7-9-14-21(19)22/h6-9,11-14,17,22H,3-5,10,15-16H2,1-2H3. The maximum Gasteiger partial charge on any atom is 0.305 e. The summed E-state index contributed by atoms with van der Waals surface area (Å²) in [5.74, 6) is 0.846. The number of ether oxygens (including phenoxy) is 1. The average Bonchev–Trinajstić information content (AvgIpc) is 2.93. The van der Waals surface area contributed by atoms with Gasteiger partial charge in [0.1, 0.15) is 6.61 Å². The van der Waals surface area contributed by atoms with E-state index in [1.54, 1.807) is 0 Å². The van der Waals surface area contributed by atoms with E-state index in [0.717, 1.165) is 18.8 Å². The predicted octanol–water partition coefficient (Wildman–Crippen LogP) is 5.95. The molecule has 2 aromatic carbocycles. The third-order valence-electron chi connectivity index (χ3n) is 5.04. The van der Waals surface area contributed by atoms with Gasteiger partial charge in [-0.1, -0.05) is 81.6 Å². The van der Waals surface area contributed by atoms with Gasteiger partial charge in [0.2, 0.25) is 0 Å². The first kappa shape index (κ1) is 17.7. The van der Waals surface area contributed by atoms with Crippen molar-refractivity contribution in [1.82, 2.24) is 0 Å². The van der Waals surface area contributed by atoms with E-state index >= 15 is 0 Å². The third-order valence-corrected chi connectivity index (χ3v) is 5.04. The SMILES string of the molecule is CC(C)CCCCCC(=O)OCC1c2ccccc2-c2ccccc21. The van der Waals surface area contributed by atoms with Crippen LogP contribution in [0.3, 0.4) is 0 Å². The number of carbonyl (C=O) groups excluding carboxylic acids is 1. The normalized spacial score (nSPS) is 12.9. The zero-order valence-corrected chi connectivity index (χ0v) is 15.3. The average molecular weight is 336 g/mol. The first-order valence-corrected chi connectivity index (χ1v) is 9.50. The Kier molecular flexibility index (Phi) is 5.91. The molecule has 0 spiro atoms. The van der Waals surface area contributed by atoms with E-state index in [4.69, 9.17) is 4.74 Å². The van der Waals surface area contributed by atoms with Gasteiger partial charge in [-0.15, -0.1) is 0 Å². The Labute approximate surface area is 151 Å². The molecule has 0 atom stereocenters. The minimum Gasteiger partial charge on any atom is -0.465 e. The quantitative estimate of drug-likeness (QED) is 0.440. The number of carbonyl (C=O) groups is 1. The summed E-state index contributed by atoms with van der Waals surface area (Å²) in [4.78, 5) is 12.1. The Hall–Kier alpha value is -2.09. The van der Waals surface area contributed by atoms with Crippen molar-refractivity contribution >= 4 is 5.97 Å². The number of fused-ring (bicyclic) bond motifs is 3. The van der Waals surface area contributed by atoms with E-state index in [1.807, 2.05) is 0 Å². The van der Waals surface area contributed by atoms with Crippen LogP contribution in [-0.2, 0) is 9.53 Å². The molecule has 0 saturated carbocycles. The maximum absolute atomic E-state index is 12.1. The van der Waals surface area contributed by atoms with Gasteiger partial charge in [0, 0.05) is 12.3 Å². The summed E-state index contributed by atoms with van der Waals surface area (Å²) in [7, 11) is 0. The first-order chi connectivity index (χ1) is 12.2. The number of unbranched alkanes of at least 4 members (excludes halogenated alkanes) is 2. The van der Waals surface area contributed by atoms with Gasteiger partial charge in [-0.3, -0.25) is 4.79 Å². The van der Waals surface area contributed by atoms with Gasteiger partial charge >= 0.3 is 5.97 Å². The van der Waals surface area contributed by atoms with Crippen molar-refractivity contribution in [2.24, 2.45) is 5.92 Å². The van der Waals surface area contributed by atoms with Crippen molar-refractivity contribution in [3.05, 3.63) is 59.7 Å². The summed E-state index contributed by atoms with van der Waals surface area (Å²) in [5.41, 5.74) is 5.09. The molecule has 3 rings (SSSR count). The molecule has 0 aliphatic heterocycles. The van der Waals surface area contributed by atoms with Crippen LogP contribution in [0, 0.1) is 5.92 Å². The summed E-state index contributed by atoms with van der Waals surface area (Å²) >= 11 is 0. The zero-order valence-electron chi connectivity index (χ0n) is 15.3. The molecule has 0 N–H and O–H groups in total. The van der Waals surface area contributed by atoms with Crippen LogP contribution in [0.5, 0.6) is 0 Å². The highest BCUT2D eigenvalue weighted by atomic mass is 16.5. The van der Waals surface area contributed by atoms with E-state index in [9.17, 15) is 4.79 Å². The molecule has 0 bridgehead atoms. The molecular formula is C23H28O2. The molecule has 0 radical (unpaired) electrons. The van der Waals surface area contributed by atoms with Crippen LogP contribution in [0.4, 0.5) is 0 Å². The second kappa shape index (κ2) is 8.33. The van der Waals surface area contributed by atoms with Gasteiger partial charge in [0.25, 0.3) is 0 Å². The van der Waals surface area contributed by atoms with Crippen LogP contribution in [0.1, 0.15) is 63.0 Å². The summed E-state index contributed by atoms with van der Waals surface area (Å²) < 4.78 is 5.63. The van der Waals surface area contributed by atoms with Crippen LogP contribution in [0.15, 0.2) is 48.5 Å². The molecule has 2 heteroatoms.